The first kappa shape index (κ1) is 17.6. The topological polar surface area (TPSA) is 46.3 Å². The second-order valence-corrected chi connectivity index (χ2v) is 7.52. The van der Waals surface area contributed by atoms with E-state index >= 15 is 0 Å². The number of hydrogen-bond acceptors (Lipinski definition) is 3. The number of likely N-dealkylation sites (tertiary alicyclic amines) is 1. The molecule has 5 heteroatoms. The largest absolute Gasteiger partial charge is 0.445 e. The fourth-order valence-corrected chi connectivity index (χ4v) is 3.48. The van der Waals surface area contributed by atoms with Gasteiger partial charge in [-0.25, -0.2) is 9.37 Å². The molecule has 134 valence electrons. The number of rotatable bonds is 4. The fourth-order valence-electron chi connectivity index (χ4n) is 3.48. The molecule has 3 rings (SSSR count). The van der Waals surface area contributed by atoms with Crippen LogP contribution in [0.25, 0.3) is 0 Å². The average molecular weight is 344 g/mol. The molecule has 0 aliphatic carbocycles. The monoisotopic (exact) mass is 344 g/mol. The number of aromatic nitrogens is 1. The highest BCUT2D eigenvalue weighted by atomic mass is 19.1. The van der Waals surface area contributed by atoms with Gasteiger partial charge in [0.2, 0.25) is 11.8 Å². The Bertz CT molecular complexity index is 756. The molecule has 1 fully saturated rings. The Kier molecular flexibility index (Phi) is 4.93. The SMILES string of the molecule is CC(C)C(=O)N1CCC[C@](C)(c2ncc(Cc3cccc(F)c3)o2)C1. The number of benzene rings is 1. The molecule has 0 saturated carbocycles. The normalized spacial score (nSPS) is 20.9. The van der Waals surface area contributed by atoms with Crippen molar-refractivity contribution in [3.63, 3.8) is 0 Å². The molecule has 1 amide bonds. The Balaban J connectivity index is 1.75. The van der Waals surface area contributed by atoms with Crippen LogP contribution in [0.5, 0.6) is 0 Å². The average Bonchev–Trinajstić information content (AvgIpc) is 3.03. The summed E-state index contributed by atoms with van der Waals surface area (Å²) in [6.07, 6.45) is 4.11. The van der Waals surface area contributed by atoms with Crippen molar-refractivity contribution in [2.24, 2.45) is 5.92 Å². The lowest BCUT2D eigenvalue weighted by Crippen LogP contribution is -2.48. The fraction of sp³-hybridized carbons (Fsp3) is 0.500. The second kappa shape index (κ2) is 6.98. The number of carbonyl (C=O) groups excluding carboxylic acids is 1. The van der Waals surface area contributed by atoms with Crippen molar-refractivity contribution in [3.05, 3.63) is 53.5 Å². The van der Waals surface area contributed by atoms with Crippen LogP contribution >= 0.6 is 0 Å². The van der Waals surface area contributed by atoms with Crippen LogP contribution in [0.1, 0.15) is 50.8 Å². The van der Waals surface area contributed by atoms with E-state index in [9.17, 15) is 9.18 Å². The zero-order valence-electron chi connectivity index (χ0n) is 15.1. The summed E-state index contributed by atoms with van der Waals surface area (Å²) < 4.78 is 19.3. The van der Waals surface area contributed by atoms with E-state index in [1.54, 1.807) is 12.3 Å². The third kappa shape index (κ3) is 3.91. The molecule has 0 N–H and O–H groups in total. The summed E-state index contributed by atoms with van der Waals surface area (Å²) in [6.45, 7) is 7.38. The van der Waals surface area contributed by atoms with E-state index in [4.69, 9.17) is 4.42 Å². The summed E-state index contributed by atoms with van der Waals surface area (Å²) in [6, 6.07) is 6.50. The molecule has 4 nitrogen and oxygen atoms in total. The first-order chi connectivity index (χ1) is 11.9. The number of oxazole rings is 1. The Labute approximate surface area is 148 Å². The molecule has 1 aliphatic heterocycles. The van der Waals surface area contributed by atoms with Gasteiger partial charge in [0.05, 0.1) is 11.6 Å². The lowest BCUT2D eigenvalue weighted by molar-refractivity contribution is -0.136. The zero-order valence-corrected chi connectivity index (χ0v) is 15.1. The van der Waals surface area contributed by atoms with Crippen molar-refractivity contribution in [2.75, 3.05) is 13.1 Å². The van der Waals surface area contributed by atoms with Crippen molar-refractivity contribution in [2.45, 2.75) is 45.4 Å². The highest BCUT2D eigenvalue weighted by molar-refractivity contribution is 5.78. The van der Waals surface area contributed by atoms with E-state index in [-0.39, 0.29) is 23.1 Å². The summed E-state index contributed by atoms with van der Waals surface area (Å²) in [7, 11) is 0. The van der Waals surface area contributed by atoms with Crippen molar-refractivity contribution in [3.8, 4) is 0 Å². The van der Waals surface area contributed by atoms with Crippen LogP contribution in [0.4, 0.5) is 4.39 Å². The van der Waals surface area contributed by atoms with Gasteiger partial charge < -0.3 is 9.32 Å². The molecular formula is C20H25FN2O2. The molecule has 2 heterocycles. The molecule has 1 aromatic carbocycles. The van der Waals surface area contributed by atoms with E-state index < -0.39 is 0 Å². The van der Waals surface area contributed by atoms with Crippen molar-refractivity contribution in [1.29, 1.82) is 0 Å². The molecule has 0 radical (unpaired) electrons. The maximum atomic E-state index is 13.3. The van der Waals surface area contributed by atoms with Gasteiger partial charge in [-0.05, 0) is 37.5 Å². The summed E-state index contributed by atoms with van der Waals surface area (Å²) >= 11 is 0. The third-order valence-electron chi connectivity index (χ3n) is 4.84. The quantitative estimate of drug-likeness (QED) is 0.844. The van der Waals surface area contributed by atoms with Gasteiger partial charge in [0, 0.05) is 25.4 Å². The summed E-state index contributed by atoms with van der Waals surface area (Å²) in [4.78, 5) is 18.7. The number of halogens is 1. The van der Waals surface area contributed by atoms with Gasteiger partial charge in [0.25, 0.3) is 0 Å². The minimum Gasteiger partial charge on any atom is -0.445 e. The van der Waals surface area contributed by atoms with Crippen LogP contribution in [0.3, 0.4) is 0 Å². The molecule has 2 aromatic rings. The summed E-state index contributed by atoms with van der Waals surface area (Å²) in [5.41, 5.74) is 0.580. The minimum atomic E-state index is -0.275. The molecule has 1 aromatic heterocycles. The van der Waals surface area contributed by atoms with Crippen molar-refractivity contribution >= 4 is 5.91 Å². The van der Waals surface area contributed by atoms with Gasteiger partial charge in [0.15, 0.2) is 0 Å². The number of hydrogen-bond donors (Lipinski definition) is 0. The van der Waals surface area contributed by atoms with Crippen LogP contribution in [0, 0.1) is 11.7 Å². The van der Waals surface area contributed by atoms with Gasteiger partial charge in [-0.2, -0.15) is 0 Å². The molecule has 0 unspecified atom stereocenters. The van der Waals surface area contributed by atoms with Crippen LogP contribution in [-0.4, -0.2) is 28.9 Å². The second-order valence-electron chi connectivity index (χ2n) is 7.52. The highest BCUT2D eigenvalue weighted by Gasteiger charge is 2.38. The van der Waals surface area contributed by atoms with Crippen LogP contribution in [-0.2, 0) is 16.6 Å². The van der Waals surface area contributed by atoms with Crippen LogP contribution in [0.2, 0.25) is 0 Å². The molecule has 0 spiro atoms. The van der Waals surface area contributed by atoms with E-state index in [2.05, 4.69) is 11.9 Å². The maximum absolute atomic E-state index is 13.3. The Morgan fingerprint density at radius 1 is 1.44 bits per heavy atom. The predicted molar refractivity (Wildman–Crippen MR) is 93.7 cm³/mol. The predicted octanol–water partition coefficient (Wildman–Crippen LogP) is 3.94. The molecule has 1 atom stereocenters. The lowest BCUT2D eigenvalue weighted by atomic mass is 9.81. The zero-order chi connectivity index (χ0) is 18.0. The molecule has 1 saturated heterocycles. The third-order valence-corrected chi connectivity index (χ3v) is 4.84. The standard InChI is InChI=1S/C20H25FN2O2/c1-14(2)18(24)23-9-5-8-20(3,13-23)19-22-12-17(25-19)11-15-6-4-7-16(21)10-15/h4,6-7,10,12,14H,5,8-9,11,13H2,1-3H3/t20-/m0/s1. The molecule has 25 heavy (non-hydrogen) atoms. The van der Waals surface area contributed by atoms with Gasteiger partial charge in [-0.1, -0.05) is 26.0 Å². The Morgan fingerprint density at radius 3 is 2.96 bits per heavy atom. The number of piperidine rings is 1. The van der Waals surface area contributed by atoms with Crippen molar-refractivity contribution < 1.29 is 13.6 Å². The number of nitrogens with zero attached hydrogens (tertiary/aromatic N) is 2. The van der Waals surface area contributed by atoms with Gasteiger partial charge >= 0.3 is 0 Å². The smallest absolute Gasteiger partial charge is 0.225 e. The highest BCUT2D eigenvalue weighted by Crippen LogP contribution is 2.34. The number of amides is 1. The van der Waals surface area contributed by atoms with Crippen molar-refractivity contribution in [1.82, 2.24) is 9.88 Å². The van der Waals surface area contributed by atoms with Gasteiger partial charge in [-0.3, -0.25) is 4.79 Å². The van der Waals surface area contributed by atoms with Crippen LogP contribution < -0.4 is 0 Å². The first-order valence-corrected chi connectivity index (χ1v) is 8.86. The van der Waals surface area contributed by atoms with Crippen LogP contribution in [0.15, 0.2) is 34.9 Å². The first-order valence-electron chi connectivity index (χ1n) is 8.86. The molecular weight excluding hydrogens is 319 g/mol. The van der Waals surface area contributed by atoms with E-state index in [1.807, 2.05) is 24.8 Å². The molecule has 1 aliphatic rings. The molecule has 0 bridgehead atoms. The maximum Gasteiger partial charge on any atom is 0.225 e. The Hall–Kier alpha value is -2.17. The minimum absolute atomic E-state index is 0.00421. The van der Waals surface area contributed by atoms with E-state index in [0.717, 1.165) is 24.9 Å². The summed E-state index contributed by atoms with van der Waals surface area (Å²) in [5, 5.41) is 0. The van der Waals surface area contributed by atoms with Gasteiger partial charge in [-0.15, -0.1) is 0 Å². The Morgan fingerprint density at radius 2 is 2.24 bits per heavy atom. The lowest BCUT2D eigenvalue weighted by Gasteiger charge is -2.39. The van der Waals surface area contributed by atoms with E-state index in [0.29, 0.717) is 24.6 Å². The number of carbonyl (C=O) groups is 1. The van der Waals surface area contributed by atoms with E-state index in [1.165, 1.54) is 12.1 Å². The van der Waals surface area contributed by atoms with Gasteiger partial charge in [0.1, 0.15) is 11.6 Å². The summed E-state index contributed by atoms with van der Waals surface area (Å²) in [5.74, 6) is 1.31.